The summed E-state index contributed by atoms with van der Waals surface area (Å²) in [5.41, 5.74) is 1.65. The van der Waals surface area contributed by atoms with Gasteiger partial charge in [-0.05, 0) is 54.8 Å². The molecule has 1 aliphatic rings. The van der Waals surface area contributed by atoms with Gasteiger partial charge in [-0.1, -0.05) is 36.3 Å². The molecule has 0 bridgehead atoms. The normalized spacial score (nSPS) is 12.7. The highest BCUT2D eigenvalue weighted by molar-refractivity contribution is 6.37. The maximum absolute atomic E-state index is 14.8. The van der Waals surface area contributed by atoms with Crippen LogP contribution >= 0.6 is 0 Å². The molecule has 2 aromatic heterocycles. The number of rotatable bonds is 5. The number of benzene rings is 2. The summed E-state index contributed by atoms with van der Waals surface area (Å²) in [6.45, 7) is 1.98. The quantitative estimate of drug-likeness (QED) is 0.271. The molecule has 6 nitrogen and oxygen atoms in total. The number of aryl methyl sites for hydroxylation is 1. The van der Waals surface area contributed by atoms with Crippen molar-refractivity contribution >= 4 is 35.7 Å². The summed E-state index contributed by atoms with van der Waals surface area (Å²) in [6, 6.07) is 13.6. The summed E-state index contributed by atoms with van der Waals surface area (Å²) >= 11 is 0. The predicted molar refractivity (Wildman–Crippen MR) is 136 cm³/mol. The smallest absolute Gasteiger partial charge is 0.263 e. The van der Waals surface area contributed by atoms with Gasteiger partial charge in [-0.25, -0.2) is 9.37 Å². The van der Waals surface area contributed by atoms with Gasteiger partial charge in [0.25, 0.3) is 5.56 Å². The molecule has 0 spiro atoms. The predicted octanol–water partition coefficient (Wildman–Crippen LogP) is 3.42. The van der Waals surface area contributed by atoms with Gasteiger partial charge in [-0.2, -0.15) is 0 Å². The SMILES string of the molecule is [B]c1ncnc(NCc2cc3cccc(C)c3c(=O)n2-c2ccccc2F)c1C(=N)C#CC1CC1. The first-order chi connectivity index (χ1) is 16.9. The summed E-state index contributed by atoms with van der Waals surface area (Å²) in [7, 11) is 6.06. The summed E-state index contributed by atoms with van der Waals surface area (Å²) < 4.78 is 16.2. The van der Waals surface area contributed by atoms with Crippen molar-refractivity contribution in [2.24, 2.45) is 5.92 Å². The number of halogens is 1. The van der Waals surface area contributed by atoms with Gasteiger partial charge < -0.3 is 5.32 Å². The third kappa shape index (κ3) is 4.45. The average molecular weight is 461 g/mol. The van der Waals surface area contributed by atoms with E-state index in [-0.39, 0.29) is 29.1 Å². The third-order valence-corrected chi connectivity index (χ3v) is 5.97. The van der Waals surface area contributed by atoms with Crippen LogP contribution in [0.25, 0.3) is 16.5 Å². The van der Waals surface area contributed by atoms with Crippen molar-refractivity contribution < 1.29 is 4.39 Å². The van der Waals surface area contributed by atoms with Crippen LogP contribution in [0.5, 0.6) is 0 Å². The molecule has 4 aromatic rings. The van der Waals surface area contributed by atoms with E-state index in [0.717, 1.165) is 23.8 Å². The van der Waals surface area contributed by atoms with E-state index in [0.29, 0.717) is 28.4 Å². The number of aromatic nitrogens is 3. The fourth-order valence-corrected chi connectivity index (χ4v) is 4.03. The number of pyridine rings is 1. The lowest BCUT2D eigenvalue weighted by atomic mass is 9.95. The molecular formula is C27H21BFN5O. The molecule has 0 saturated heterocycles. The van der Waals surface area contributed by atoms with Crippen molar-refractivity contribution in [3.8, 4) is 17.5 Å². The van der Waals surface area contributed by atoms with Gasteiger partial charge in [-0.15, -0.1) is 0 Å². The largest absolute Gasteiger partial charge is 0.364 e. The summed E-state index contributed by atoms with van der Waals surface area (Å²) in [6.07, 6.45) is 3.39. The van der Waals surface area contributed by atoms with Crippen molar-refractivity contribution in [2.75, 3.05) is 5.32 Å². The molecule has 8 heteroatoms. The Balaban J connectivity index is 1.59. The molecule has 170 valence electrons. The Hall–Kier alpha value is -4.25. The molecule has 2 aromatic carbocycles. The fraction of sp³-hybridized carbons (Fsp3) is 0.185. The Kier molecular flexibility index (Phi) is 5.92. The summed E-state index contributed by atoms with van der Waals surface area (Å²) in [5.74, 6) is 6.05. The van der Waals surface area contributed by atoms with Gasteiger partial charge in [0.15, 0.2) is 0 Å². The standard InChI is InChI=1S/C27H21BFN5O/c1-16-5-4-6-18-13-19(34(27(35)23(16)18)22-8-3-2-7-20(22)29)14-31-26-24(25(28)32-15-33-26)21(30)12-11-17-9-10-17/h2-8,13,15,17,30H,9-10,14H2,1H3,(H,31,32,33). The lowest BCUT2D eigenvalue weighted by Crippen LogP contribution is -2.26. The second-order valence-electron chi connectivity index (χ2n) is 8.52. The van der Waals surface area contributed by atoms with Crippen LogP contribution in [0, 0.1) is 35.9 Å². The lowest BCUT2D eigenvalue weighted by Gasteiger charge is -2.18. The molecule has 35 heavy (non-hydrogen) atoms. The Labute approximate surface area is 203 Å². The number of nitrogens with zero attached hydrogens (tertiary/aromatic N) is 3. The van der Waals surface area contributed by atoms with Crippen molar-refractivity contribution in [1.82, 2.24) is 14.5 Å². The zero-order valence-corrected chi connectivity index (χ0v) is 19.1. The van der Waals surface area contributed by atoms with Gasteiger partial charge in [-0.3, -0.25) is 19.8 Å². The highest BCUT2D eigenvalue weighted by Gasteiger charge is 2.19. The Morgan fingerprint density at radius 1 is 1.23 bits per heavy atom. The van der Waals surface area contributed by atoms with E-state index in [2.05, 4.69) is 27.1 Å². The van der Waals surface area contributed by atoms with Gasteiger partial charge in [0.2, 0.25) is 0 Å². The van der Waals surface area contributed by atoms with E-state index < -0.39 is 5.82 Å². The van der Waals surface area contributed by atoms with Crippen LogP contribution in [-0.2, 0) is 6.54 Å². The topological polar surface area (TPSA) is 83.7 Å². The molecule has 5 rings (SSSR count). The highest BCUT2D eigenvalue weighted by Crippen LogP contribution is 2.27. The summed E-state index contributed by atoms with van der Waals surface area (Å²) in [5, 5.41) is 12.9. The minimum Gasteiger partial charge on any atom is -0.364 e. The van der Waals surface area contributed by atoms with Crippen LogP contribution in [0.2, 0.25) is 0 Å². The Morgan fingerprint density at radius 2 is 2.03 bits per heavy atom. The number of hydrogen-bond acceptors (Lipinski definition) is 5. The fourth-order valence-electron chi connectivity index (χ4n) is 4.03. The Bertz CT molecular complexity index is 1600. The first-order valence-corrected chi connectivity index (χ1v) is 11.3. The molecule has 2 radical (unpaired) electrons. The lowest BCUT2D eigenvalue weighted by molar-refractivity contribution is 0.614. The number of para-hydroxylation sites is 1. The van der Waals surface area contributed by atoms with Crippen LogP contribution in [0.4, 0.5) is 10.2 Å². The monoisotopic (exact) mass is 461 g/mol. The zero-order chi connectivity index (χ0) is 24.5. The highest BCUT2D eigenvalue weighted by atomic mass is 19.1. The van der Waals surface area contributed by atoms with Crippen molar-refractivity contribution in [1.29, 1.82) is 5.41 Å². The second kappa shape index (κ2) is 9.19. The molecule has 0 aliphatic heterocycles. The molecule has 1 aliphatic carbocycles. The van der Waals surface area contributed by atoms with Crippen LogP contribution in [0.3, 0.4) is 0 Å². The van der Waals surface area contributed by atoms with E-state index in [1.165, 1.54) is 17.0 Å². The van der Waals surface area contributed by atoms with Crippen molar-refractivity contribution in [3.05, 3.63) is 87.9 Å². The minimum absolute atomic E-state index is 0.0260. The minimum atomic E-state index is -0.507. The van der Waals surface area contributed by atoms with Crippen molar-refractivity contribution in [2.45, 2.75) is 26.3 Å². The molecule has 2 N–H and O–H groups in total. The summed E-state index contributed by atoms with van der Waals surface area (Å²) in [4.78, 5) is 21.9. The van der Waals surface area contributed by atoms with Crippen LogP contribution in [-0.4, -0.2) is 28.1 Å². The van der Waals surface area contributed by atoms with Crippen LogP contribution < -0.4 is 16.5 Å². The zero-order valence-electron chi connectivity index (χ0n) is 19.1. The molecular weight excluding hydrogens is 440 g/mol. The first-order valence-electron chi connectivity index (χ1n) is 11.3. The number of hydrogen-bond donors (Lipinski definition) is 2. The molecule has 2 heterocycles. The number of nitrogens with one attached hydrogen (secondary N) is 2. The van der Waals surface area contributed by atoms with E-state index in [1.54, 1.807) is 18.2 Å². The van der Waals surface area contributed by atoms with Gasteiger partial charge in [0.05, 0.1) is 23.2 Å². The van der Waals surface area contributed by atoms with Crippen molar-refractivity contribution in [3.63, 3.8) is 0 Å². The van der Waals surface area contributed by atoms with Crippen LogP contribution in [0.15, 0.2) is 59.7 Å². The van der Waals surface area contributed by atoms with Crippen LogP contribution in [0.1, 0.15) is 29.7 Å². The van der Waals surface area contributed by atoms with E-state index in [4.69, 9.17) is 13.3 Å². The number of anilines is 1. The molecule has 0 amide bonds. The molecule has 0 atom stereocenters. The van der Waals surface area contributed by atoms with Gasteiger partial charge in [0.1, 0.15) is 31.5 Å². The average Bonchev–Trinajstić information content (AvgIpc) is 3.67. The van der Waals surface area contributed by atoms with E-state index in [9.17, 15) is 9.18 Å². The third-order valence-electron chi connectivity index (χ3n) is 5.97. The van der Waals surface area contributed by atoms with E-state index in [1.807, 2.05) is 31.2 Å². The van der Waals surface area contributed by atoms with Gasteiger partial charge in [0, 0.05) is 17.2 Å². The van der Waals surface area contributed by atoms with E-state index >= 15 is 0 Å². The molecule has 1 fully saturated rings. The Morgan fingerprint density at radius 3 is 2.80 bits per heavy atom. The maximum Gasteiger partial charge on any atom is 0.263 e. The second-order valence-corrected chi connectivity index (χ2v) is 8.52. The first kappa shape index (κ1) is 22.5. The number of fused-ring (bicyclic) bond motifs is 1. The molecule has 1 saturated carbocycles. The molecule has 0 unspecified atom stereocenters. The van der Waals surface area contributed by atoms with Gasteiger partial charge >= 0.3 is 0 Å². The maximum atomic E-state index is 14.8.